The second-order valence-corrected chi connectivity index (χ2v) is 6.59. The molecule has 5 heteroatoms. The predicted molar refractivity (Wildman–Crippen MR) is 88.8 cm³/mol. The second kappa shape index (κ2) is 7.03. The molecule has 0 bridgehead atoms. The normalized spacial score (nSPS) is 12.4. The zero-order valence-corrected chi connectivity index (χ0v) is 14.7. The van der Waals surface area contributed by atoms with Crippen molar-refractivity contribution in [2.24, 2.45) is 0 Å². The van der Waals surface area contributed by atoms with Crippen LogP contribution in [-0.2, 0) is 6.42 Å². The summed E-state index contributed by atoms with van der Waals surface area (Å²) in [5, 5.41) is 3.97. The smallest absolute Gasteiger partial charge is 0.124 e. The Hall–Kier alpha value is -0.420. The van der Waals surface area contributed by atoms with E-state index in [0.29, 0.717) is 5.02 Å². The molecule has 0 spiro atoms. The first-order valence-electron chi connectivity index (χ1n) is 6.07. The van der Waals surface area contributed by atoms with Crippen molar-refractivity contribution in [3.8, 4) is 0 Å². The van der Waals surface area contributed by atoms with E-state index in [1.165, 1.54) is 12.1 Å². The van der Waals surface area contributed by atoms with Crippen LogP contribution in [0.25, 0.3) is 0 Å². The molecule has 106 valence electrons. The molecule has 1 unspecified atom stereocenters. The maximum absolute atomic E-state index is 13.1. The van der Waals surface area contributed by atoms with Gasteiger partial charge in [0.05, 0.1) is 0 Å². The summed E-state index contributed by atoms with van der Waals surface area (Å²) in [4.78, 5) is 0. The molecule has 1 N–H and O–H groups in total. The summed E-state index contributed by atoms with van der Waals surface area (Å²) in [6, 6.07) is 10.6. The topological polar surface area (TPSA) is 12.0 Å². The number of likely N-dealkylation sites (N-methyl/N-ethyl adjacent to an activating group) is 1. The highest BCUT2D eigenvalue weighted by atomic mass is 79.9. The van der Waals surface area contributed by atoms with Crippen molar-refractivity contribution in [1.29, 1.82) is 0 Å². The Labute approximate surface area is 139 Å². The van der Waals surface area contributed by atoms with Crippen LogP contribution in [0.2, 0.25) is 5.02 Å². The van der Waals surface area contributed by atoms with Crippen LogP contribution in [0.15, 0.2) is 45.3 Å². The second-order valence-electron chi connectivity index (χ2n) is 4.45. The van der Waals surface area contributed by atoms with Gasteiger partial charge in [0.2, 0.25) is 0 Å². The molecule has 0 saturated heterocycles. The van der Waals surface area contributed by atoms with Crippen molar-refractivity contribution >= 4 is 43.5 Å². The van der Waals surface area contributed by atoms with Crippen LogP contribution < -0.4 is 5.32 Å². The number of halogens is 4. The Morgan fingerprint density at radius 2 is 1.90 bits per heavy atom. The van der Waals surface area contributed by atoms with Gasteiger partial charge in [0.15, 0.2) is 0 Å². The number of hydrogen-bond acceptors (Lipinski definition) is 1. The molecule has 0 radical (unpaired) electrons. The summed E-state index contributed by atoms with van der Waals surface area (Å²) >= 11 is 12.9. The van der Waals surface area contributed by atoms with Gasteiger partial charge < -0.3 is 5.32 Å². The molecule has 0 fully saturated rings. The first-order chi connectivity index (χ1) is 9.51. The van der Waals surface area contributed by atoms with Crippen LogP contribution in [0.3, 0.4) is 0 Å². The molecule has 0 heterocycles. The number of benzene rings is 2. The van der Waals surface area contributed by atoms with Gasteiger partial charge in [0.25, 0.3) is 0 Å². The quantitative estimate of drug-likeness (QED) is 0.687. The van der Waals surface area contributed by atoms with E-state index in [4.69, 9.17) is 11.6 Å². The molecule has 0 amide bonds. The lowest BCUT2D eigenvalue weighted by Gasteiger charge is -2.19. The third kappa shape index (κ3) is 3.82. The summed E-state index contributed by atoms with van der Waals surface area (Å²) in [7, 11) is 1.91. The lowest BCUT2D eigenvalue weighted by molar-refractivity contribution is 0.585. The SMILES string of the molecule is CNC(Cc1ccc(F)cc1Br)c1ccc(Cl)cc1Br. The number of hydrogen-bond donors (Lipinski definition) is 1. The lowest BCUT2D eigenvalue weighted by atomic mass is 9.99. The monoisotopic (exact) mass is 419 g/mol. The van der Waals surface area contributed by atoms with Gasteiger partial charge in [-0.25, -0.2) is 4.39 Å². The summed E-state index contributed by atoms with van der Waals surface area (Å²) in [5.74, 6) is -0.241. The van der Waals surface area contributed by atoms with Crippen LogP contribution in [0.5, 0.6) is 0 Å². The minimum absolute atomic E-state index is 0.114. The van der Waals surface area contributed by atoms with Gasteiger partial charge in [-0.1, -0.05) is 55.6 Å². The number of rotatable bonds is 4. The molecule has 1 nitrogen and oxygen atoms in total. The highest BCUT2D eigenvalue weighted by Crippen LogP contribution is 2.30. The van der Waals surface area contributed by atoms with Gasteiger partial charge in [-0.2, -0.15) is 0 Å². The molecule has 0 aliphatic rings. The van der Waals surface area contributed by atoms with E-state index >= 15 is 0 Å². The summed E-state index contributed by atoms with van der Waals surface area (Å²) in [6.45, 7) is 0. The average molecular weight is 422 g/mol. The molecule has 0 aliphatic carbocycles. The molecule has 1 atom stereocenters. The van der Waals surface area contributed by atoms with E-state index in [2.05, 4.69) is 37.2 Å². The van der Waals surface area contributed by atoms with E-state index in [1.54, 1.807) is 6.07 Å². The van der Waals surface area contributed by atoms with Crippen molar-refractivity contribution in [2.75, 3.05) is 7.05 Å². The van der Waals surface area contributed by atoms with Gasteiger partial charge in [-0.05, 0) is 48.9 Å². The van der Waals surface area contributed by atoms with Crippen LogP contribution >= 0.6 is 43.5 Å². The molecule has 0 aromatic heterocycles. The average Bonchev–Trinajstić information content (AvgIpc) is 2.39. The van der Waals surface area contributed by atoms with E-state index in [0.717, 1.165) is 26.5 Å². The van der Waals surface area contributed by atoms with Crippen LogP contribution in [0.4, 0.5) is 4.39 Å². The molecule has 0 aliphatic heterocycles. The molecule has 2 aromatic rings. The van der Waals surface area contributed by atoms with Gasteiger partial charge in [0, 0.05) is 20.0 Å². The molecular formula is C15H13Br2ClFN. The third-order valence-corrected chi connectivity index (χ3v) is 4.79. The van der Waals surface area contributed by atoms with Gasteiger partial charge in [-0.15, -0.1) is 0 Å². The fourth-order valence-corrected chi connectivity index (χ4v) is 3.53. The molecule has 2 rings (SSSR count). The fraction of sp³-hybridized carbons (Fsp3) is 0.200. The lowest BCUT2D eigenvalue weighted by Crippen LogP contribution is -2.19. The van der Waals surface area contributed by atoms with Crippen LogP contribution in [0, 0.1) is 5.82 Å². The van der Waals surface area contributed by atoms with E-state index in [-0.39, 0.29) is 11.9 Å². The predicted octanol–water partition coefficient (Wildman–Crippen LogP) is 5.51. The van der Waals surface area contributed by atoms with Crippen molar-refractivity contribution in [3.63, 3.8) is 0 Å². The van der Waals surface area contributed by atoms with Gasteiger partial charge in [-0.3, -0.25) is 0 Å². The molecular weight excluding hydrogens is 408 g/mol. The van der Waals surface area contributed by atoms with Crippen molar-refractivity contribution in [3.05, 3.63) is 67.3 Å². The minimum atomic E-state index is -0.241. The summed E-state index contributed by atoms with van der Waals surface area (Å²) < 4.78 is 14.9. The third-order valence-electron chi connectivity index (χ3n) is 3.13. The van der Waals surface area contributed by atoms with Crippen molar-refractivity contribution in [1.82, 2.24) is 5.32 Å². The van der Waals surface area contributed by atoms with E-state index < -0.39 is 0 Å². The fourth-order valence-electron chi connectivity index (χ4n) is 2.06. The van der Waals surface area contributed by atoms with Gasteiger partial charge >= 0.3 is 0 Å². The molecule has 0 saturated carbocycles. The Kier molecular flexibility index (Phi) is 5.61. The first-order valence-corrected chi connectivity index (χ1v) is 8.04. The Morgan fingerprint density at radius 3 is 2.50 bits per heavy atom. The van der Waals surface area contributed by atoms with Gasteiger partial charge in [0.1, 0.15) is 5.82 Å². The van der Waals surface area contributed by atoms with E-state index in [9.17, 15) is 4.39 Å². The minimum Gasteiger partial charge on any atom is -0.313 e. The largest absolute Gasteiger partial charge is 0.313 e. The molecule has 2 aromatic carbocycles. The maximum Gasteiger partial charge on any atom is 0.124 e. The highest BCUT2D eigenvalue weighted by Gasteiger charge is 2.15. The Balaban J connectivity index is 2.28. The zero-order chi connectivity index (χ0) is 14.7. The molecule has 20 heavy (non-hydrogen) atoms. The Morgan fingerprint density at radius 1 is 1.15 bits per heavy atom. The first kappa shape index (κ1) is 16.0. The Bertz CT molecular complexity index is 619. The van der Waals surface area contributed by atoms with E-state index in [1.807, 2.05) is 25.2 Å². The highest BCUT2D eigenvalue weighted by molar-refractivity contribution is 9.10. The zero-order valence-electron chi connectivity index (χ0n) is 10.8. The summed E-state index contributed by atoms with van der Waals surface area (Å²) in [5.41, 5.74) is 2.17. The standard InChI is InChI=1S/C15H13Br2ClFN/c1-20-15(12-5-3-10(18)7-14(12)17)6-9-2-4-11(19)8-13(9)16/h2-5,7-8,15,20H,6H2,1H3. The van der Waals surface area contributed by atoms with Crippen molar-refractivity contribution < 1.29 is 4.39 Å². The summed E-state index contributed by atoms with van der Waals surface area (Å²) in [6.07, 6.45) is 0.748. The number of nitrogens with one attached hydrogen (secondary N) is 1. The van der Waals surface area contributed by atoms with Crippen LogP contribution in [-0.4, -0.2) is 7.05 Å². The van der Waals surface area contributed by atoms with Crippen LogP contribution in [0.1, 0.15) is 17.2 Å². The maximum atomic E-state index is 13.1. The van der Waals surface area contributed by atoms with Crippen molar-refractivity contribution in [2.45, 2.75) is 12.5 Å².